The van der Waals surface area contributed by atoms with Gasteiger partial charge >= 0.3 is 0 Å². The highest BCUT2D eigenvalue weighted by Crippen LogP contribution is 1.92. The third-order valence-corrected chi connectivity index (χ3v) is 1.62. The highest BCUT2D eigenvalue weighted by molar-refractivity contribution is 5.48. The van der Waals surface area contributed by atoms with Crippen LogP contribution >= 0.6 is 0 Å². The van der Waals surface area contributed by atoms with Crippen LogP contribution in [0.3, 0.4) is 0 Å². The van der Waals surface area contributed by atoms with Gasteiger partial charge in [-0.3, -0.25) is 0 Å². The van der Waals surface area contributed by atoms with Crippen molar-refractivity contribution >= 4 is 6.29 Å². The average molecular weight is 178 g/mol. The van der Waals surface area contributed by atoms with Crippen molar-refractivity contribution in [2.45, 2.75) is 33.1 Å². The van der Waals surface area contributed by atoms with E-state index in [1.165, 1.54) is 5.56 Å². The number of carbonyl (C=O) groups is 1. The van der Waals surface area contributed by atoms with Crippen molar-refractivity contribution in [1.29, 1.82) is 0 Å². The second kappa shape index (κ2) is 8.98. The van der Waals surface area contributed by atoms with Gasteiger partial charge in [0.05, 0.1) is 0 Å². The van der Waals surface area contributed by atoms with Gasteiger partial charge in [-0.2, -0.15) is 0 Å². The van der Waals surface area contributed by atoms with Crippen LogP contribution in [0.4, 0.5) is 0 Å². The highest BCUT2D eigenvalue weighted by Gasteiger charge is 1.75. The van der Waals surface area contributed by atoms with Crippen molar-refractivity contribution in [2.24, 2.45) is 0 Å². The monoisotopic (exact) mass is 178 g/mol. The van der Waals surface area contributed by atoms with Gasteiger partial charge in [0.2, 0.25) is 0 Å². The van der Waals surface area contributed by atoms with E-state index in [1.54, 1.807) is 0 Å². The molecule has 0 aliphatic heterocycles. The third kappa shape index (κ3) is 8.80. The Bertz CT molecular complexity index is 204. The Balaban J connectivity index is 0.000000226. The Morgan fingerprint density at radius 2 is 1.85 bits per heavy atom. The molecular weight excluding hydrogens is 160 g/mol. The Kier molecular flexibility index (Phi) is 8.21. The van der Waals surface area contributed by atoms with Gasteiger partial charge in [-0.05, 0) is 13.3 Å². The Morgan fingerprint density at radius 1 is 1.23 bits per heavy atom. The highest BCUT2D eigenvalue weighted by atomic mass is 16.1. The number of benzene rings is 1. The molecule has 1 nitrogen and oxygen atoms in total. The maximum atomic E-state index is 9.56. The van der Waals surface area contributed by atoms with E-state index >= 15 is 0 Å². The molecule has 0 unspecified atom stereocenters. The van der Waals surface area contributed by atoms with Crippen molar-refractivity contribution in [3.8, 4) is 0 Å². The van der Waals surface area contributed by atoms with E-state index in [0.717, 1.165) is 25.5 Å². The Labute approximate surface area is 80.8 Å². The summed E-state index contributed by atoms with van der Waals surface area (Å²) in [5, 5.41) is 0. The topological polar surface area (TPSA) is 17.1 Å². The first-order valence-electron chi connectivity index (χ1n) is 4.76. The molecule has 1 aromatic carbocycles. The Morgan fingerprint density at radius 3 is 2.08 bits per heavy atom. The lowest BCUT2D eigenvalue weighted by Gasteiger charge is -1.82. The molecule has 1 aromatic rings. The van der Waals surface area contributed by atoms with Crippen LogP contribution in [0, 0.1) is 6.92 Å². The molecule has 0 spiro atoms. The molecule has 72 valence electrons. The molecule has 1 rings (SSSR count). The van der Waals surface area contributed by atoms with E-state index in [2.05, 4.69) is 26.0 Å². The largest absolute Gasteiger partial charge is 0.303 e. The lowest BCUT2D eigenvalue weighted by Crippen LogP contribution is -1.70. The second-order valence-electron chi connectivity index (χ2n) is 2.96. The van der Waals surface area contributed by atoms with E-state index in [1.807, 2.05) is 18.2 Å². The van der Waals surface area contributed by atoms with Gasteiger partial charge in [0, 0.05) is 6.42 Å². The molecule has 13 heavy (non-hydrogen) atoms. The number of aryl methyl sites for hydroxylation is 1. The predicted octanol–water partition coefficient (Wildman–Crippen LogP) is 3.37. The quantitative estimate of drug-likeness (QED) is 0.512. The van der Waals surface area contributed by atoms with Crippen LogP contribution in [-0.2, 0) is 4.79 Å². The summed E-state index contributed by atoms with van der Waals surface area (Å²) in [4.78, 5) is 9.56. The summed E-state index contributed by atoms with van der Waals surface area (Å²) in [6, 6.07) is 10.3. The van der Waals surface area contributed by atoms with Gasteiger partial charge in [-0.25, -0.2) is 0 Å². The van der Waals surface area contributed by atoms with Crippen molar-refractivity contribution < 1.29 is 4.79 Å². The summed E-state index contributed by atoms with van der Waals surface area (Å²) in [6.07, 6.45) is 3.86. The van der Waals surface area contributed by atoms with Gasteiger partial charge in [-0.15, -0.1) is 0 Å². The molecule has 0 amide bonds. The first-order valence-corrected chi connectivity index (χ1v) is 4.76. The van der Waals surface area contributed by atoms with Gasteiger partial charge in [0.15, 0.2) is 0 Å². The average Bonchev–Trinajstić information content (AvgIpc) is 2.17. The van der Waals surface area contributed by atoms with Crippen LogP contribution < -0.4 is 0 Å². The zero-order valence-electron chi connectivity index (χ0n) is 8.49. The van der Waals surface area contributed by atoms with Crippen LogP contribution in [0.5, 0.6) is 0 Å². The Hall–Kier alpha value is -1.11. The minimum atomic E-state index is 0.733. The van der Waals surface area contributed by atoms with E-state index in [0.29, 0.717) is 0 Å². The fourth-order valence-electron chi connectivity index (χ4n) is 0.822. The number of aldehydes is 1. The summed E-state index contributed by atoms with van der Waals surface area (Å²) < 4.78 is 0. The van der Waals surface area contributed by atoms with Crippen LogP contribution in [-0.4, -0.2) is 6.29 Å². The number of carbonyl (C=O) groups excluding carboxylic acids is 1. The van der Waals surface area contributed by atoms with Crippen LogP contribution in [0.1, 0.15) is 31.7 Å². The van der Waals surface area contributed by atoms with Gasteiger partial charge in [0.25, 0.3) is 0 Å². The molecule has 0 aliphatic carbocycles. The van der Waals surface area contributed by atoms with Gasteiger partial charge in [-0.1, -0.05) is 49.2 Å². The summed E-state index contributed by atoms with van der Waals surface area (Å²) >= 11 is 0. The normalized spacial score (nSPS) is 8.46. The molecule has 0 aromatic heterocycles. The molecular formula is C12H18O. The zero-order valence-corrected chi connectivity index (χ0v) is 8.49. The molecule has 0 fully saturated rings. The van der Waals surface area contributed by atoms with E-state index in [4.69, 9.17) is 0 Å². The molecule has 0 bridgehead atoms. The predicted molar refractivity (Wildman–Crippen MR) is 56.8 cm³/mol. The minimum Gasteiger partial charge on any atom is -0.303 e. The van der Waals surface area contributed by atoms with Crippen LogP contribution in [0.15, 0.2) is 30.3 Å². The fraction of sp³-hybridized carbons (Fsp3) is 0.417. The molecule has 0 N–H and O–H groups in total. The minimum absolute atomic E-state index is 0.733. The smallest absolute Gasteiger partial charge is 0.119 e. The van der Waals surface area contributed by atoms with E-state index < -0.39 is 0 Å². The third-order valence-electron chi connectivity index (χ3n) is 1.62. The first kappa shape index (κ1) is 11.9. The maximum absolute atomic E-state index is 9.56. The lowest BCUT2D eigenvalue weighted by atomic mass is 10.2. The summed E-state index contributed by atoms with van der Waals surface area (Å²) in [5.74, 6) is 0. The van der Waals surface area contributed by atoms with Crippen molar-refractivity contribution in [3.63, 3.8) is 0 Å². The maximum Gasteiger partial charge on any atom is 0.119 e. The summed E-state index contributed by atoms with van der Waals surface area (Å²) in [6.45, 7) is 4.16. The molecule has 0 saturated heterocycles. The lowest BCUT2D eigenvalue weighted by molar-refractivity contribution is -0.107. The molecule has 0 atom stereocenters. The van der Waals surface area contributed by atoms with Crippen molar-refractivity contribution in [2.75, 3.05) is 0 Å². The van der Waals surface area contributed by atoms with Crippen LogP contribution in [0.25, 0.3) is 0 Å². The summed E-state index contributed by atoms with van der Waals surface area (Å²) in [5.41, 5.74) is 1.32. The number of hydrogen-bond donors (Lipinski definition) is 0. The molecule has 0 heterocycles. The molecule has 0 aliphatic rings. The number of unbranched alkanes of at least 4 members (excludes halogenated alkanes) is 2. The second-order valence-corrected chi connectivity index (χ2v) is 2.96. The first-order chi connectivity index (χ1) is 6.31. The SMILES string of the molecule is CCCCC=O.Cc1ccccc1. The number of hydrogen-bond acceptors (Lipinski definition) is 1. The zero-order chi connectivity index (χ0) is 9.94. The van der Waals surface area contributed by atoms with Crippen LogP contribution in [0.2, 0.25) is 0 Å². The van der Waals surface area contributed by atoms with Gasteiger partial charge in [0.1, 0.15) is 6.29 Å². The van der Waals surface area contributed by atoms with E-state index in [-0.39, 0.29) is 0 Å². The fourth-order valence-corrected chi connectivity index (χ4v) is 0.822. The summed E-state index contributed by atoms with van der Waals surface area (Å²) in [7, 11) is 0. The van der Waals surface area contributed by atoms with E-state index in [9.17, 15) is 4.79 Å². The van der Waals surface area contributed by atoms with Gasteiger partial charge < -0.3 is 4.79 Å². The molecule has 0 radical (unpaired) electrons. The molecule has 1 heteroatoms. The van der Waals surface area contributed by atoms with Crippen molar-refractivity contribution in [3.05, 3.63) is 35.9 Å². The number of rotatable bonds is 3. The standard InChI is InChI=1S/C7H8.C5H10O/c1-7-5-3-2-4-6-7;1-2-3-4-5-6/h2-6H,1H3;5H,2-4H2,1H3. The van der Waals surface area contributed by atoms with Crippen molar-refractivity contribution in [1.82, 2.24) is 0 Å². The molecule has 0 saturated carbocycles.